The number of hydrogen-bond donors (Lipinski definition) is 1. The summed E-state index contributed by atoms with van der Waals surface area (Å²) in [5, 5.41) is 2.97. The normalized spacial score (nSPS) is 21.9. The Bertz CT molecular complexity index is 892. The van der Waals surface area contributed by atoms with Gasteiger partial charge in [-0.1, -0.05) is 42.5 Å². The largest absolute Gasteiger partial charge is 0.367 e. The van der Waals surface area contributed by atoms with Crippen molar-refractivity contribution in [2.24, 2.45) is 5.41 Å². The highest BCUT2D eigenvalue weighted by atomic mass is 19.1. The molecule has 0 saturated carbocycles. The van der Waals surface area contributed by atoms with Gasteiger partial charge in [0.25, 0.3) is 5.91 Å². The van der Waals surface area contributed by atoms with Gasteiger partial charge in [-0.2, -0.15) is 0 Å². The van der Waals surface area contributed by atoms with Crippen LogP contribution in [0.2, 0.25) is 0 Å². The lowest BCUT2D eigenvalue weighted by Gasteiger charge is -2.49. The van der Waals surface area contributed by atoms with Gasteiger partial charge in [-0.15, -0.1) is 0 Å². The van der Waals surface area contributed by atoms with Crippen LogP contribution in [0.25, 0.3) is 0 Å². The van der Waals surface area contributed by atoms with E-state index in [0.29, 0.717) is 26.1 Å². The van der Waals surface area contributed by atoms with E-state index in [1.54, 1.807) is 7.11 Å². The van der Waals surface area contributed by atoms with Crippen molar-refractivity contribution in [2.45, 2.75) is 31.3 Å². The number of ether oxygens (including phenoxy) is 1. The number of nitrogens with one attached hydrogen (secondary N) is 1. The minimum absolute atomic E-state index is 0.0443. The molecule has 0 unspecified atom stereocenters. The topological polar surface area (TPSA) is 58.6 Å². The zero-order valence-corrected chi connectivity index (χ0v) is 17.1. The van der Waals surface area contributed by atoms with E-state index in [1.165, 1.54) is 12.1 Å². The molecular formula is C24H27FN2O3. The quantitative estimate of drug-likeness (QED) is 0.840. The molecule has 2 aliphatic rings. The van der Waals surface area contributed by atoms with Crippen molar-refractivity contribution < 1.29 is 18.7 Å². The van der Waals surface area contributed by atoms with E-state index in [1.807, 2.05) is 47.4 Å². The van der Waals surface area contributed by atoms with Crippen molar-refractivity contribution in [3.05, 3.63) is 71.5 Å². The smallest absolute Gasteiger partial charge is 0.256 e. The summed E-state index contributed by atoms with van der Waals surface area (Å²) >= 11 is 0. The molecule has 1 spiro atoms. The van der Waals surface area contributed by atoms with Crippen LogP contribution in [0.5, 0.6) is 0 Å². The molecule has 2 aliphatic heterocycles. The van der Waals surface area contributed by atoms with E-state index in [4.69, 9.17) is 4.74 Å². The first-order valence-electron chi connectivity index (χ1n) is 10.4. The van der Waals surface area contributed by atoms with Crippen LogP contribution < -0.4 is 5.32 Å². The molecule has 2 fully saturated rings. The van der Waals surface area contributed by atoms with Crippen LogP contribution in [0.1, 0.15) is 42.4 Å². The predicted molar refractivity (Wildman–Crippen MR) is 111 cm³/mol. The fourth-order valence-corrected chi connectivity index (χ4v) is 4.98. The molecule has 2 amide bonds. The second-order valence-electron chi connectivity index (χ2n) is 8.30. The first-order chi connectivity index (χ1) is 14.5. The lowest BCUT2D eigenvalue weighted by Crippen LogP contribution is -2.53. The Balaban J connectivity index is 1.51. The molecule has 6 heteroatoms. The molecule has 1 N–H and O–H groups in total. The zero-order chi connectivity index (χ0) is 21.1. The van der Waals surface area contributed by atoms with Crippen LogP contribution in [0.3, 0.4) is 0 Å². The molecule has 0 radical (unpaired) electrons. The number of carbonyl (C=O) groups is 2. The minimum atomic E-state index is -0.622. The highest BCUT2D eigenvalue weighted by Gasteiger charge is 2.47. The molecular weight excluding hydrogens is 383 g/mol. The fraction of sp³-hybridized carbons (Fsp3) is 0.417. The number of methoxy groups -OCH3 is 1. The van der Waals surface area contributed by atoms with E-state index in [9.17, 15) is 14.0 Å². The van der Waals surface area contributed by atoms with Gasteiger partial charge in [-0.3, -0.25) is 9.59 Å². The Morgan fingerprint density at radius 3 is 2.43 bits per heavy atom. The Morgan fingerprint density at radius 2 is 1.80 bits per heavy atom. The van der Waals surface area contributed by atoms with Crippen LogP contribution in [-0.2, 0) is 14.3 Å². The van der Waals surface area contributed by atoms with Crippen molar-refractivity contribution in [1.29, 1.82) is 0 Å². The Hall–Kier alpha value is -2.73. The van der Waals surface area contributed by atoms with Gasteiger partial charge in [0, 0.05) is 39.1 Å². The van der Waals surface area contributed by atoms with Gasteiger partial charge >= 0.3 is 0 Å². The van der Waals surface area contributed by atoms with Gasteiger partial charge in [0.05, 0.1) is 0 Å². The first-order valence-corrected chi connectivity index (χ1v) is 10.4. The van der Waals surface area contributed by atoms with Gasteiger partial charge in [-0.05, 0) is 41.5 Å². The summed E-state index contributed by atoms with van der Waals surface area (Å²) in [5.74, 6) is -0.149. The first kappa shape index (κ1) is 20.5. The number of rotatable bonds is 4. The average Bonchev–Trinajstić information content (AvgIpc) is 2.76. The third kappa shape index (κ3) is 3.97. The highest BCUT2D eigenvalue weighted by Crippen LogP contribution is 2.49. The summed E-state index contributed by atoms with van der Waals surface area (Å²) in [5.41, 5.74) is 1.66. The molecule has 2 atom stereocenters. The molecule has 0 bridgehead atoms. The van der Waals surface area contributed by atoms with E-state index in [0.717, 1.165) is 24.0 Å². The Kier molecular flexibility index (Phi) is 5.86. The van der Waals surface area contributed by atoms with Crippen LogP contribution in [-0.4, -0.2) is 43.5 Å². The van der Waals surface area contributed by atoms with Crippen LogP contribution in [0.4, 0.5) is 4.39 Å². The van der Waals surface area contributed by atoms with E-state index in [-0.39, 0.29) is 29.0 Å². The number of piperidine rings is 2. The number of benzene rings is 2. The second kappa shape index (κ2) is 8.56. The molecule has 2 aromatic carbocycles. The summed E-state index contributed by atoms with van der Waals surface area (Å²) in [6.07, 6.45) is 1.28. The number of nitrogens with zero attached hydrogens (tertiary/aromatic N) is 1. The van der Waals surface area contributed by atoms with Crippen molar-refractivity contribution in [2.75, 3.05) is 26.7 Å². The second-order valence-corrected chi connectivity index (χ2v) is 8.30. The molecule has 158 valence electrons. The van der Waals surface area contributed by atoms with Crippen molar-refractivity contribution in [3.63, 3.8) is 0 Å². The third-order valence-corrected chi connectivity index (χ3v) is 6.66. The molecule has 4 rings (SSSR count). The zero-order valence-electron chi connectivity index (χ0n) is 17.1. The summed E-state index contributed by atoms with van der Waals surface area (Å²) in [7, 11) is 1.55. The third-order valence-electron chi connectivity index (χ3n) is 6.66. The van der Waals surface area contributed by atoms with Crippen LogP contribution in [0, 0.1) is 11.2 Å². The summed E-state index contributed by atoms with van der Waals surface area (Å²) < 4.78 is 18.9. The monoisotopic (exact) mass is 410 g/mol. The number of carbonyl (C=O) groups excluding carboxylic acids is 2. The van der Waals surface area contributed by atoms with E-state index in [2.05, 4.69) is 5.32 Å². The molecule has 0 aliphatic carbocycles. The fourth-order valence-electron chi connectivity index (χ4n) is 4.98. The molecule has 2 saturated heterocycles. The van der Waals surface area contributed by atoms with Gasteiger partial charge < -0.3 is 15.0 Å². The van der Waals surface area contributed by atoms with Crippen LogP contribution in [0.15, 0.2) is 54.6 Å². The number of halogens is 1. The number of hydrogen-bond acceptors (Lipinski definition) is 3. The number of likely N-dealkylation sites (tertiary alicyclic amines) is 1. The van der Waals surface area contributed by atoms with E-state index < -0.39 is 6.10 Å². The molecule has 0 aromatic heterocycles. The summed E-state index contributed by atoms with van der Waals surface area (Å²) in [4.78, 5) is 27.2. The van der Waals surface area contributed by atoms with E-state index >= 15 is 0 Å². The maximum Gasteiger partial charge on any atom is 0.256 e. The van der Waals surface area contributed by atoms with Gasteiger partial charge in [0.2, 0.25) is 5.91 Å². The van der Waals surface area contributed by atoms with Gasteiger partial charge in [0.15, 0.2) is 6.10 Å². The lowest BCUT2D eigenvalue weighted by molar-refractivity contribution is -0.146. The standard InChI is InChI=1S/C24H27FN2O3/c1-30-22(18-5-3-2-4-6-18)23(29)27-13-11-24(12-14-27)15-21(28)26-16-20(24)17-7-9-19(25)10-8-17/h2-10,20,22H,11-16H2,1H3,(H,26,28)/t20-,22-/m0/s1. The van der Waals surface area contributed by atoms with Crippen molar-refractivity contribution in [1.82, 2.24) is 10.2 Å². The molecule has 2 heterocycles. The molecule has 5 nitrogen and oxygen atoms in total. The Labute approximate surface area is 176 Å². The lowest BCUT2D eigenvalue weighted by atomic mass is 9.62. The van der Waals surface area contributed by atoms with Gasteiger partial charge in [-0.25, -0.2) is 4.39 Å². The predicted octanol–water partition coefficient (Wildman–Crippen LogP) is 3.43. The van der Waals surface area contributed by atoms with Crippen molar-refractivity contribution >= 4 is 11.8 Å². The maximum absolute atomic E-state index is 13.4. The minimum Gasteiger partial charge on any atom is -0.367 e. The highest BCUT2D eigenvalue weighted by molar-refractivity contribution is 5.82. The maximum atomic E-state index is 13.4. The Morgan fingerprint density at radius 1 is 1.13 bits per heavy atom. The SMILES string of the molecule is CO[C@H](C(=O)N1CCC2(CC1)CC(=O)NC[C@H]2c1ccc(F)cc1)c1ccccc1. The average molecular weight is 410 g/mol. The van der Waals surface area contributed by atoms with Crippen LogP contribution >= 0.6 is 0 Å². The summed E-state index contributed by atoms with van der Waals surface area (Å²) in [6.45, 7) is 1.70. The van der Waals surface area contributed by atoms with Crippen molar-refractivity contribution in [3.8, 4) is 0 Å². The molecule has 30 heavy (non-hydrogen) atoms. The molecule has 2 aromatic rings. The number of amides is 2. The summed E-state index contributed by atoms with van der Waals surface area (Å²) in [6, 6.07) is 16.1. The van der Waals surface area contributed by atoms with Gasteiger partial charge in [0.1, 0.15) is 5.82 Å².